The lowest BCUT2D eigenvalue weighted by atomic mass is 10.2. The molecule has 0 bridgehead atoms. The summed E-state index contributed by atoms with van der Waals surface area (Å²) < 4.78 is 18.1. The van der Waals surface area contributed by atoms with E-state index < -0.39 is 0 Å². The fourth-order valence-electron chi connectivity index (χ4n) is 1.81. The molecule has 1 aromatic rings. The smallest absolute Gasteiger partial charge is 0.319 e. The number of likely N-dealkylation sites (N-methyl/N-ethyl adjacent to an activating group) is 2. The zero-order chi connectivity index (χ0) is 15.8. The van der Waals surface area contributed by atoms with E-state index in [2.05, 4.69) is 4.74 Å². The van der Waals surface area contributed by atoms with E-state index in [1.54, 1.807) is 30.1 Å². The second-order valence-corrected chi connectivity index (χ2v) is 4.72. The van der Waals surface area contributed by atoms with Crippen LogP contribution in [0.25, 0.3) is 0 Å². The molecule has 0 saturated carbocycles. The Morgan fingerprint density at radius 1 is 1.24 bits per heavy atom. The van der Waals surface area contributed by atoms with Crippen LogP contribution in [0, 0.1) is 5.82 Å². The van der Waals surface area contributed by atoms with Crippen molar-refractivity contribution in [1.82, 2.24) is 9.80 Å². The van der Waals surface area contributed by atoms with E-state index >= 15 is 0 Å². The minimum absolute atomic E-state index is 0.0618. The van der Waals surface area contributed by atoms with Gasteiger partial charge in [-0.3, -0.25) is 14.5 Å². The van der Waals surface area contributed by atoms with Gasteiger partial charge in [0.05, 0.1) is 20.2 Å². The van der Waals surface area contributed by atoms with Crippen LogP contribution in [-0.2, 0) is 20.9 Å². The molecule has 21 heavy (non-hydrogen) atoms. The van der Waals surface area contributed by atoms with Gasteiger partial charge in [-0.25, -0.2) is 4.39 Å². The maximum Gasteiger partial charge on any atom is 0.319 e. The normalized spacial score (nSPS) is 10.5. The van der Waals surface area contributed by atoms with Crippen LogP contribution in [-0.4, -0.2) is 55.5 Å². The second kappa shape index (κ2) is 8.36. The minimum atomic E-state index is -0.388. The van der Waals surface area contributed by atoms with Gasteiger partial charge >= 0.3 is 5.97 Å². The molecule has 0 aliphatic carbocycles. The number of carbonyl (C=O) groups excluding carboxylic acids is 2. The molecule has 0 atom stereocenters. The summed E-state index contributed by atoms with van der Waals surface area (Å²) >= 11 is 0. The number of halogens is 1. The fourth-order valence-corrected chi connectivity index (χ4v) is 1.81. The highest BCUT2D eigenvalue weighted by molar-refractivity contribution is 5.79. The first-order valence-corrected chi connectivity index (χ1v) is 6.74. The molecular formula is C15H21FN2O3. The topological polar surface area (TPSA) is 49.9 Å². The third-order valence-corrected chi connectivity index (χ3v) is 3.18. The van der Waals surface area contributed by atoms with Gasteiger partial charge in [-0.1, -0.05) is 25.1 Å². The molecule has 0 heterocycles. The van der Waals surface area contributed by atoms with E-state index in [-0.39, 0.29) is 37.3 Å². The summed E-state index contributed by atoms with van der Waals surface area (Å²) in [5, 5.41) is 0. The van der Waals surface area contributed by atoms with Gasteiger partial charge in [-0.15, -0.1) is 0 Å². The van der Waals surface area contributed by atoms with Gasteiger partial charge in [0.1, 0.15) is 5.82 Å². The Labute approximate surface area is 124 Å². The highest BCUT2D eigenvalue weighted by Gasteiger charge is 2.17. The molecular weight excluding hydrogens is 275 g/mol. The largest absolute Gasteiger partial charge is 0.468 e. The fraction of sp³-hybridized carbons (Fsp3) is 0.467. The Morgan fingerprint density at radius 2 is 1.90 bits per heavy atom. The van der Waals surface area contributed by atoms with Gasteiger partial charge in [0.2, 0.25) is 5.91 Å². The number of hydrogen-bond donors (Lipinski definition) is 0. The Morgan fingerprint density at radius 3 is 2.48 bits per heavy atom. The molecule has 1 rings (SSSR count). The lowest BCUT2D eigenvalue weighted by molar-refractivity contribution is -0.142. The molecule has 0 aromatic heterocycles. The minimum Gasteiger partial charge on any atom is -0.468 e. The average Bonchev–Trinajstić information content (AvgIpc) is 2.48. The third-order valence-electron chi connectivity index (χ3n) is 3.18. The van der Waals surface area contributed by atoms with Crippen molar-refractivity contribution in [2.45, 2.75) is 13.5 Å². The molecule has 0 saturated heterocycles. The predicted octanol–water partition coefficient (Wildman–Crippen LogP) is 1.28. The Balaban J connectivity index is 2.57. The molecule has 0 N–H and O–H groups in total. The van der Waals surface area contributed by atoms with E-state index in [0.717, 1.165) is 0 Å². The number of carbonyl (C=O) groups is 2. The van der Waals surface area contributed by atoms with Crippen LogP contribution in [0.4, 0.5) is 4.39 Å². The molecule has 0 unspecified atom stereocenters. The molecule has 1 amide bonds. The molecule has 6 heteroatoms. The van der Waals surface area contributed by atoms with Crippen LogP contribution in [0.2, 0.25) is 0 Å². The maximum absolute atomic E-state index is 13.6. The number of nitrogens with zero attached hydrogens (tertiary/aromatic N) is 2. The monoisotopic (exact) mass is 296 g/mol. The first-order chi connectivity index (χ1) is 9.97. The lowest BCUT2D eigenvalue weighted by Crippen LogP contribution is -2.40. The van der Waals surface area contributed by atoms with Gasteiger partial charge in [-0.05, 0) is 12.6 Å². The summed E-state index contributed by atoms with van der Waals surface area (Å²) in [4.78, 5) is 26.5. The number of ether oxygens (including phenoxy) is 1. The van der Waals surface area contributed by atoms with Crippen LogP contribution < -0.4 is 0 Å². The number of methoxy groups -OCH3 is 1. The summed E-state index contributed by atoms with van der Waals surface area (Å²) in [5.41, 5.74) is 0.462. The molecule has 0 aliphatic heterocycles. The van der Waals surface area contributed by atoms with Gasteiger partial charge in [-0.2, -0.15) is 0 Å². The summed E-state index contributed by atoms with van der Waals surface area (Å²) in [5.74, 6) is -0.899. The van der Waals surface area contributed by atoms with Crippen molar-refractivity contribution < 1.29 is 18.7 Å². The SMILES string of the molecule is CCN(CC(=O)OC)CC(=O)N(C)Cc1ccccc1F. The summed E-state index contributed by atoms with van der Waals surface area (Å²) in [7, 11) is 2.92. The lowest BCUT2D eigenvalue weighted by Gasteiger charge is -2.23. The Bertz CT molecular complexity index is 494. The van der Waals surface area contributed by atoms with Crippen molar-refractivity contribution in [3.05, 3.63) is 35.6 Å². The molecule has 0 spiro atoms. The maximum atomic E-state index is 13.6. The van der Waals surface area contributed by atoms with Gasteiger partial charge in [0.25, 0.3) is 0 Å². The van der Waals surface area contributed by atoms with Gasteiger partial charge < -0.3 is 9.64 Å². The van der Waals surface area contributed by atoms with E-state index in [0.29, 0.717) is 12.1 Å². The molecule has 0 aliphatic rings. The van der Waals surface area contributed by atoms with Crippen LogP contribution in [0.3, 0.4) is 0 Å². The molecule has 1 aromatic carbocycles. The molecule has 0 radical (unpaired) electrons. The van der Waals surface area contributed by atoms with Crippen LogP contribution in [0.15, 0.2) is 24.3 Å². The zero-order valence-electron chi connectivity index (χ0n) is 12.6. The highest BCUT2D eigenvalue weighted by atomic mass is 19.1. The predicted molar refractivity (Wildman–Crippen MR) is 77.0 cm³/mol. The number of hydrogen-bond acceptors (Lipinski definition) is 4. The van der Waals surface area contributed by atoms with Crippen molar-refractivity contribution in [2.75, 3.05) is 33.8 Å². The summed E-state index contributed by atoms with van der Waals surface area (Å²) in [6, 6.07) is 6.34. The first kappa shape index (κ1) is 17.1. The van der Waals surface area contributed by atoms with Gasteiger partial charge in [0.15, 0.2) is 0 Å². The molecule has 0 fully saturated rings. The Hall–Kier alpha value is -1.95. The highest BCUT2D eigenvalue weighted by Crippen LogP contribution is 2.09. The van der Waals surface area contributed by atoms with Crippen LogP contribution >= 0.6 is 0 Å². The van der Waals surface area contributed by atoms with E-state index in [1.165, 1.54) is 18.1 Å². The number of esters is 1. The third kappa shape index (κ3) is 5.51. The van der Waals surface area contributed by atoms with Crippen molar-refractivity contribution in [2.24, 2.45) is 0 Å². The van der Waals surface area contributed by atoms with Crippen molar-refractivity contribution >= 4 is 11.9 Å². The average molecular weight is 296 g/mol. The van der Waals surface area contributed by atoms with E-state index in [1.807, 2.05) is 6.92 Å². The molecule has 116 valence electrons. The van der Waals surface area contributed by atoms with Crippen LogP contribution in [0.1, 0.15) is 12.5 Å². The van der Waals surface area contributed by atoms with Crippen molar-refractivity contribution in [3.8, 4) is 0 Å². The Kier molecular flexibility index (Phi) is 6.81. The summed E-state index contributed by atoms with van der Waals surface area (Å²) in [6.07, 6.45) is 0. The quantitative estimate of drug-likeness (QED) is 0.711. The standard InChI is InChI=1S/C15H21FN2O3/c1-4-18(11-15(20)21-3)10-14(19)17(2)9-12-7-5-6-8-13(12)16/h5-8H,4,9-11H2,1-3H3. The number of amides is 1. The number of benzene rings is 1. The van der Waals surface area contributed by atoms with Gasteiger partial charge in [0, 0.05) is 19.2 Å². The summed E-state index contributed by atoms with van der Waals surface area (Å²) in [6.45, 7) is 2.76. The number of rotatable bonds is 7. The van der Waals surface area contributed by atoms with E-state index in [4.69, 9.17) is 0 Å². The first-order valence-electron chi connectivity index (χ1n) is 6.74. The van der Waals surface area contributed by atoms with Crippen molar-refractivity contribution in [1.29, 1.82) is 0 Å². The van der Waals surface area contributed by atoms with E-state index in [9.17, 15) is 14.0 Å². The zero-order valence-corrected chi connectivity index (χ0v) is 12.6. The second-order valence-electron chi connectivity index (χ2n) is 4.72. The van der Waals surface area contributed by atoms with Crippen LogP contribution in [0.5, 0.6) is 0 Å². The molecule has 5 nitrogen and oxygen atoms in total. The van der Waals surface area contributed by atoms with Crippen molar-refractivity contribution in [3.63, 3.8) is 0 Å².